The Morgan fingerprint density at radius 3 is 2.86 bits per heavy atom. The van der Waals surface area contributed by atoms with Crippen LogP contribution in [0.3, 0.4) is 0 Å². The summed E-state index contributed by atoms with van der Waals surface area (Å²) in [4.78, 5) is 22.3. The van der Waals surface area contributed by atoms with Crippen LogP contribution < -0.4 is 0 Å². The standard InChI is InChI=1S/C21H22N4O2S/c1-27-13-7-12-22-14-16-19(15-8-3-2-4-9-15)24-25(20(16)26)21-23-17-10-5-6-11-18(17)28-21/h2-6,8-11,14,16-18H,7,12-13H2,1H3/t16?,17-,18-/m1/s1. The SMILES string of the molecule is COCCCN=CC1C(=O)N(C2=N[C@@H]3C=CC=C[C@H]3S2)N=C1c1ccccc1. The number of fused-ring (bicyclic) bond motifs is 1. The molecular formula is C21H22N4O2S. The number of amidine groups is 1. The second-order valence-electron chi connectivity index (χ2n) is 6.64. The van der Waals surface area contributed by atoms with Crippen molar-refractivity contribution in [3.63, 3.8) is 0 Å². The van der Waals surface area contributed by atoms with Gasteiger partial charge in [0.2, 0.25) is 0 Å². The number of carbonyl (C=O) groups excluding carboxylic acids is 1. The Morgan fingerprint density at radius 2 is 2.07 bits per heavy atom. The highest BCUT2D eigenvalue weighted by atomic mass is 32.2. The molecule has 0 saturated heterocycles. The van der Waals surface area contributed by atoms with Gasteiger partial charge in [0.1, 0.15) is 5.92 Å². The number of aliphatic imine (C=N–C) groups is 2. The number of allylic oxidation sites excluding steroid dienone is 2. The Hall–Kier alpha value is -2.51. The van der Waals surface area contributed by atoms with Crippen molar-refractivity contribution < 1.29 is 9.53 Å². The van der Waals surface area contributed by atoms with E-state index in [1.54, 1.807) is 25.1 Å². The highest BCUT2D eigenvalue weighted by Crippen LogP contribution is 2.34. The van der Waals surface area contributed by atoms with Crippen molar-refractivity contribution in [1.29, 1.82) is 0 Å². The molecule has 2 aliphatic heterocycles. The number of rotatable bonds is 6. The first-order chi connectivity index (χ1) is 13.8. The highest BCUT2D eigenvalue weighted by Gasteiger charge is 2.41. The molecule has 144 valence electrons. The van der Waals surface area contributed by atoms with Gasteiger partial charge in [0, 0.05) is 26.5 Å². The highest BCUT2D eigenvalue weighted by molar-refractivity contribution is 8.14. The third-order valence-electron chi connectivity index (χ3n) is 4.68. The van der Waals surface area contributed by atoms with E-state index in [2.05, 4.69) is 22.2 Å². The minimum atomic E-state index is -0.498. The summed E-state index contributed by atoms with van der Waals surface area (Å²) in [6, 6.07) is 9.85. The molecule has 4 rings (SSSR count). The van der Waals surface area contributed by atoms with Crippen molar-refractivity contribution in [2.45, 2.75) is 17.7 Å². The topological polar surface area (TPSA) is 66.6 Å². The van der Waals surface area contributed by atoms with Gasteiger partial charge >= 0.3 is 0 Å². The van der Waals surface area contributed by atoms with Crippen LogP contribution in [0, 0.1) is 5.92 Å². The van der Waals surface area contributed by atoms with E-state index in [-0.39, 0.29) is 17.2 Å². The largest absolute Gasteiger partial charge is 0.385 e. The first-order valence-corrected chi connectivity index (χ1v) is 10.2. The van der Waals surface area contributed by atoms with E-state index in [9.17, 15) is 4.79 Å². The van der Waals surface area contributed by atoms with Gasteiger partial charge in [0.15, 0.2) is 5.17 Å². The molecule has 0 saturated carbocycles. The Kier molecular flexibility index (Phi) is 5.83. The van der Waals surface area contributed by atoms with Gasteiger partial charge in [-0.25, -0.2) is 0 Å². The zero-order valence-corrected chi connectivity index (χ0v) is 16.5. The van der Waals surface area contributed by atoms with Crippen molar-refractivity contribution in [2.75, 3.05) is 20.3 Å². The van der Waals surface area contributed by atoms with Crippen molar-refractivity contribution in [3.05, 3.63) is 60.2 Å². The maximum Gasteiger partial charge on any atom is 0.263 e. The predicted molar refractivity (Wildman–Crippen MR) is 114 cm³/mol. The average molecular weight is 395 g/mol. The summed E-state index contributed by atoms with van der Waals surface area (Å²) < 4.78 is 5.05. The van der Waals surface area contributed by atoms with Crippen LogP contribution in [0.25, 0.3) is 0 Å². The van der Waals surface area contributed by atoms with Crippen LogP contribution >= 0.6 is 11.8 Å². The van der Waals surface area contributed by atoms with Gasteiger partial charge < -0.3 is 4.74 Å². The van der Waals surface area contributed by atoms with Gasteiger partial charge in [-0.3, -0.25) is 14.8 Å². The second-order valence-corrected chi connectivity index (χ2v) is 7.78. The molecule has 0 radical (unpaired) electrons. The average Bonchev–Trinajstić information content (AvgIpc) is 3.30. The molecule has 3 atom stereocenters. The fourth-order valence-electron chi connectivity index (χ4n) is 3.25. The lowest BCUT2D eigenvalue weighted by Gasteiger charge is -2.12. The molecule has 1 unspecified atom stereocenters. The Bertz CT molecular complexity index is 876. The number of hydrazone groups is 1. The molecule has 0 spiro atoms. The van der Waals surface area contributed by atoms with Crippen molar-refractivity contribution in [1.82, 2.24) is 5.01 Å². The summed E-state index contributed by atoms with van der Waals surface area (Å²) >= 11 is 1.58. The van der Waals surface area contributed by atoms with Gasteiger partial charge in [0.25, 0.3) is 5.91 Å². The molecule has 0 bridgehead atoms. The molecule has 3 aliphatic rings. The fourth-order valence-corrected chi connectivity index (χ4v) is 4.37. The van der Waals surface area contributed by atoms with Crippen LogP contribution in [0.15, 0.2) is 69.7 Å². The number of benzene rings is 1. The number of hydrogen-bond acceptors (Lipinski definition) is 6. The molecule has 28 heavy (non-hydrogen) atoms. The molecule has 1 aromatic rings. The normalized spacial score (nSPS) is 26.1. The van der Waals surface area contributed by atoms with E-state index in [0.717, 1.165) is 12.0 Å². The zero-order valence-electron chi connectivity index (χ0n) is 15.6. The van der Waals surface area contributed by atoms with Crippen LogP contribution in [-0.2, 0) is 9.53 Å². The number of ether oxygens (including phenoxy) is 1. The molecule has 1 amide bonds. The number of amides is 1. The van der Waals surface area contributed by atoms with Crippen LogP contribution in [0.4, 0.5) is 0 Å². The third-order valence-corrected chi connectivity index (χ3v) is 5.87. The molecule has 0 fully saturated rings. The Labute approximate surface area is 168 Å². The van der Waals surface area contributed by atoms with Gasteiger partial charge in [-0.15, -0.1) is 0 Å². The van der Waals surface area contributed by atoms with Gasteiger partial charge in [-0.1, -0.05) is 66.4 Å². The van der Waals surface area contributed by atoms with Crippen LogP contribution in [0.2, 0.25) is 0 Å². The Balaban J connectivity index is 1.58. The van der Waals surface area contributed by atoms with E-state index < -0.39 is 5.92 Å². The van der Waals surface area contributed by atoms with Gasteiger partial charge in [0.05, 0.1) is 17.0 Å². The number of hydrogen-bond donors (Lipinski definition) is 0. The maximum atomic E-state index is 13.2. The lowest BCUT2D eigenvalue weighted by molar-refractivity contribution is -0.126. The Morgan fingerprint density at radius 1 is 1.25 bits per heavy atom. The molecule has 7 heteroatoms. The summed E-state index contributed by atoms with van der Waals surface area (Å²) in [5.74, 6) is -0.603. The summed E-state index contributed by atoms with van der Waals surface area (Å²) in [7, 11) is 1.67. The van der Waals surface area contributed by atoms with Crippen LogP contribution in [-0.4, -0.2) is 59.6 Å². The molecule has 0 aromatic heterocycles. The minimum absolute atomic E-state index is 0.0648. The number of thioether (sulfide) groups is 1. The molecule has 2 heterocycles. The molecule has 1 aliphatic carbocycles. The number of nitrogens with zero attached hydrogens (tertiary/aromatic N) is 4. The van der Waals surface area contributed by atoms with Crippen LogP contribution in [0.1, 0.15) is 12.0 Å². The molecule has 1 aromatic carbocycles. The summed E-state index contributed by atoms with van der Waals surface area (Å²) in [5.41, 5.74) is 1.64. The third kappa shape index (κ3) is 3.86. The monoisotopic (exact) mass is 394 g/mol. The van der Waals surface area contributed by atoms with Gasteiger partial charge in [-0.2, -0.15) is 10.1 Å². The predicted octanol–water partition coefficient (Wildman–Crippen LogP) is 2.92. The van der Waals surface area contributed by atoms with E-state index in [1.807, 2.05) is 42.5 Å². The van der Waals surface area contributed by atoms with E-state index >= 15 is 0 Å². The maximum absolute atomic E-state index is 13.2. The van der Waals surface area contributed by atoms with E-state index in [4.69, 9.17) is 9.73 Å². The quantitative estimate of drug-likeness (QED) is 0.550. The first-order valence-electron chi connectivity index (χ1n) is 9.34. The van der Waals surface area contributed by atoms with Gasteiger partial charge in [-0.05, 0) is 12.0 Å². The van der Waals surface area contributed by atoms with Crippen LogP contribution in [0.5, 0.6) is 0 Å². The summed E-state index contributed by atoms with van der Waals surface area (Å²) in [6.07, 6.45) is 10.7. The first kappa shape index (κ1) is 18.8. The van der Waals surface area contributed by atoms with Crippen molar-refractivity contribution >= 4 is 34.8 Å². The van der Waals surface area contributed by atoms with E-state index in [1.165, 1.54) is 5.01 Å². The molecule has 0 N–H and O–H groups in total. The minimum Gasteiger partial charge on any atom is -0.385 e. The number of methoxy groups -OCH3 is 1. The lowest BCUT2D eigenvalue weighted by atomic mass is 9.98. The molecular weight excluding hydrogens is 372 g/mol. The van der Waals surface area contributed by atoms with Crippen molar-refractivity contribution in [2.24, 2.45) is 21.0 Å². The summed E-state index contributed by atoms with van der Waals surface area (Å²) in [6.45, 7) is 1.27. The zero-order chi connectivity index (χ0) is 19.3. The smallest absolute Gasteiger partial charge is 0.263 e. The lowest BCUT2D eigenvalue weighted by Crippen LogP contribution is -2.31. The van der Waals surface area contributed by atoms with E-state index in [0.29, 0.717) is 24.0 Å². The van der Waals surface area contributed by atoms with Crippen molar-refractivity contribution in [3.8, 4) is 0 Å². The second kappa shape index (κ2) is 8.67. The number of carbonyl (C=O) groups is 1. The fraction of sp³-hybridized carbons (Fsp3) is 0.333. The summed E-state index contributed by atoms with van der Waals surface area (Å²) in [5, 5.41) is 7.00. The molecule has 6 nitrogen and oxygen atoms in total.